The summed E-state index contributed by atoms with van der Waals surface area (Å²) < 4.78 is 0. The standard InChI is InChI=1S/C18H31N5O/c1-4-14(3)22-18(24)9-8-15-7-6-10-23(12-15)17-11-16(19-5-2)20-13-21-17/h11,13-15H,4-10,12H2,1-3H3,(H,22,24)(H,19,20,21)/t14-,15+/m0/s1. The number of anilines is 2. The van der Waals surface area contributed by atoms with Crippen molar-refractivity contribution < 1.29 is 4.79 Å². The molecule has 1 aliphatic heterocycles. The largest absolute Gasteiger partial charge is 0.370 e. The summed E-state index contributed by atoms with van der Waals surface area (Å²) in [4.78, 5) is 22.9. The summed E-state index contributed by atoms with van der Waals surface area (Å²) in [6, 6.07) is 2.28. The molecular weight excluding hydrogens is 302 g/mol. The molecule has 1 fully saturated rings. The maximum Gasteiger partial charge on any atom is 0.220 e. The number of hydrogen-bond acceptors (Lipinski definition) is 5. The van der Waals surface area contributed by atoms with Crippen LogP contribution < -0.4 is 15.5 Å². The fourth-order valence-electron chi connectivity index (χ4n) is 3.09. The van der Waals surface area contributed by atoms with Crippen LogP contribution in [0.3, 0.4) is 0 Å². The normalized spacial score (nSPS) is 19.0. The molecule has 6 heteroatoms. The predicted molar refractivity (Wildman–Crippen MR) is 98.3 cm³/mol. The Morgan fingerprint density at radius 1 is 1.42 bits per heavy atom. The second-order valence-corrected chi connectivity index (χ2v) is 6.66. The monoisotopic (exact) mass is 333 g/mol. The lowest BCUT2D eigenvalue weighted by atomic mass is 9.93. The van der Waals surface area contributed by atoms with Crippen molar-refractivity contribution in [2.75, 3.05) is 29.9 Å². The van der Waals surface area contributed by atoms with E-state index in [0.717, 1.165) is 50.5 Å². The summed E-state index contributed by atoms with van der Waals surface area (Å²) in [6.45, 7) is 9.05. The van der Waals surface area contributed by atoms with Crippen molar-refractivity contribution in [2.45, 2.75) is 58.9 Å². The molecule has 0 aromatic carbocycles. The van der Waals surface area contributed by atoms with Gasteiger partial charge in [0.25, 0.3) is 0 Å². The lowest BCUT2D eigenvalue weighted by Crippen LogP contribution is -2.37. The summed E-state index contributed by atoms with van der Waals surface area (Å²) in [7, 11) is 0. The number of rotatable bonds is 8. The Kier molecular flexibility index (Phi) is 7.28. The summed E-state index contributed by atoms with van der Waals surface area (Å²) in [5, 5.41) is 6.28. The van der Waals surface area contributed by atoms with E-state index in [1.54, 1.807) is 6.33 Å². The number of aromatic nitrogens is 2. The minimum absolute atomic E-state index is 0.179. The molecule has 134 valence electrons. The van der Waals surface area contributed by atoms with E-state index >= 15 is 0 Å². The topological polar surface area (TPSA) is 70.2 Å². The Bertz CT molecular complexity index is 522. The molecule has 1 saturated heterocycles. The van der Waals surface area contributed by atoms with Gasteiger partial charge in [-0.05, 0) is 45.4 Å². The number of piperidine rings is 1. The number of amides is 1. The fraction of sp³-hybridized carbons (Fsp3) is 0.722. The van der Waals surface area contributed by atoms with Crippen molar-refractivity contribution in [2.24, 2.45) is 5.92 Å². The van der Waals surface area contributed by atoms with Gasteiger partial charge in [0.2, 0.25) is 5.91 Å². The van der Waals surface area contributed by atoms with Gasteiger partial charge in [-0.15, -0.1) is 0 Å². The van der Waals surface area contributed by atoms with E-state index in [-0.39, 0.29) is 11.9 Å². The molecule has 6 nitrogen and oxygen atoms in total. The lowest BCUT2D eigenvalue weighted by molar-refractivity contribution is -0.122. The van der Waals surface area contributed by atoms with Gasteiger partial charge >= 0.3 is 0 Å². The van der Waals surface area contributed by atoms with Crippen molar-refractivity contribution in [1.82, 2.24) is 15.3 Å². The number of hydrogen-bond donors (Lipinski definition) is 2. The molecule has 0 radical (unpaired) electrons. The average molecular weight is 333 g/mol. The molecule has 2 rings (SSSR count). The van der Waals surface area contributed by atoms with E-state index in [9.17, 15) is 4.79 Å². The van der Waals surface area contributed by atoms with Crippen LogP contribution >= 0.6 is 0 Å². The first-order valence-electron chi connectivity index (χ1n) is 9.22. The highest BCUT2D eigenvalue weighted by molar-refractivity contribution is 5.76. The zero-order chi connectivity index (χ0) is 17.4. The van der Waals surface area contributed by atoms with Gasteiger partial charge in [-0.3, -0.25) is 4.79 Å². The van der Waals surface area contributed by atoms with Gasteiger partial charge in [-0.2, -0.15) is 0 Å². The highest BCUT2D eigenvalue weighted by Gasteiger charge is 2.22. The molecule has 2 heterocycles. The molecule has 0 bridgehead atoms. The first-order valence-corrected chi connectivity index (χ1v) is 9.22. The van der Waals surface area contributed by atoms with Crippen LogP contribution in [0.1, 0.15) is 52.9 Å². The molecule has 0 saturated carbocycles. The Balaban J connectivity index is 1.85. The molecule has 0 spiro atoms. The predicted octanol–water partition coefficient (Wildman–Crippen LogP) is 2.82. The summed E-state index contributed by atoms with van der Waals surface area (Å²) in [5.41, 5.74) is 0. The van der Waals surface area contributed by atoms with Crippen molar-refractivity contribution in [3.05, 3.63) is 12.4 Å². The quantitative estimate of drug-likeness (QED) is 0.765. The van der Waals surface area contributed by atoms with Crippen LogP contribution in [0.2, 0.25) is 0 Å². The van der Waals surface area contributed by atoms with Gasteiger partial charge in [-0.25, -0.2) is 9.97 Å². The minimum Gasteiger partial charge on any atom is -0.370 e. The fourth-order valence-corrected chi connectivity index (χ4v) is 3.09. The van der Waals surface area contributed by atoms with E-state index in [0.29, 0.717) is 12.3 Å². The van der Waals surface area contributed by atoms with Crippen LogP contribution in [-0.2, 0) is 4.79 Å². The summed E-state index contributed by atoms with van der Waals surface area (Å²) >= 11 is 0. The Morgan fingerprint density at radius 3 is 3.00 bits per heavy atom. The zero-order valence-corrected chi connectivity index (χ0v) is 15.2. The SMILES string of the molecule is CCNc1cc(N2CCC[C@H](CCC(=O)N[C@@H](C)CC)C2)ncn1. The molecule has 0 unspecified atom stereocenters. The molecule has 1 aromatic heterocycles. The smallest absolute Gasteiger partial charge is 0.220 e. The third kappa shape index (κ3) is 5.65. The molecule has 2 N–H and O–H groups in total. The summed E-state index contributed by atoms with van der Waals surface area (Å²) in [5.74, 6) is 2.59. The highest BCUT2D eigenvalue weighted by atomic mass is 16.1. The maximum atomic E-state index is 12.0. The van der Waals surface area contributed by atoms with E-state index < -0.39 is 0 Å². The zero-order valence-electron chi connectivity index (χ0n) is 15.2. The van der Waals surface area contributed by atoms with Gasteiger partial charge in [0, 0.05) is 38.2 Å². The van der Waals surface area contributed by atoms with Crippen LogP contribution in [-0.4, -0.2) is 41.6 Å². The summed E-state index contributed by atoms with van der Waals surface area (Å²) in [6.07, 6.45) is 6.51. The lowest BCUT2D eigenvalue weighted by Gasteiger charge is -2.33. The van der Waals surface area contributed by atoms with E-state index in [1.807, 2.05) is 6.07 Å². The van der Waals surface area contributed by atoms with E-state index in [1.165, 1.54) is 6.42 Å². The molecule has 0 aliphatic carbocycles. The van der Waals surface area contributed by atoms with Crippen LogP contribution in [0.25, 0.3) is 0 Å². The second-order valence-electron chi connectivity index (χ2n) is 6.66. The molecule has 1 aromatic rings. The van der Waals surface area contributed by atoms with Gasteiger partial charge in [0.15, 0.2) is 0 Å². The molecule has 1 amide bonds. The second kappa shape index (κ2) is 9.45. The van der Waals surface area contributed by atoms with Crippen LogP contribution in [0.15, 0.2) is 12.4 Å². The van der Waals surface area contributed by atoms with Crippen molar-refractivity contribution in [3.63, 3.8) is 0 Å². The van der Waals surface area contributed by atoms with Crippen LogP contribution in [0, 0.1) is 5.92 Å². The highest BCUT2D eigenvalue weighted by Crippen LogP contribution is 2.25. The van der Waals surface area contributed by atoms with Gasteiger partial charge < -0.3 is 15.5 Å². The van der Waals surface area contributed by atoms with Gasteiger partial charge in [0.1, 0.15) is 18.0 Å². The number of carbonyl (C=O) groups is 1. The number of nitrogens with zero attached hydrogens (tertiary/aromatic N) is 3. The van der Waals surface area contributed by atoms with Crippen LogP contribution in [0.4, 0.5) is 11.6 Å². The molecular formula is C18H31N5O. The van der Waals surface area contributed by atoms with Crippen LogP contribution in [0.5, 0.6) is 0 Å². The van der Waals surface area contributed by atoms with Gasteiger partial charge in [0.05, 0.1) is 0 Å². The minimum atomic E-state index is 0.179. The van der Waals surface area contributed by atoms with E-state index in [4.69, 9.17) is 0 Å². The van der Waals surface area contributed by atoms with Crippen molar-refractivity contribution >= 4 is 17.5 Å². The number of carbonyl (C=O) groups excluding carboxylic acids is 1. The number of nitrogens with one attached hydrogen (secondary N) is 2. The Hall–Kier alpha value is -1.85. The third-order valence-electron chi connectivity index (χ3n) is 4.65. The first-order chi connectivity index (χ1) is 11.6. The molecule has 1 aliphatic rings. The molecule has 2 atom stereocenters. The van der Waals surface area contributed by atoms with Crippen molar-refractivity contribution in [1.29, 1.82) is 0 Å². The average Bonchev–Trinajstić information content (AvgIpc) is 2.60. The maximum absolute atomic E-state index is 12.0. The van der Waals surface area contributed by atoms with Crippen molar-refractivity contribution in [3.8, 4) is 0 Å². The molecule has 24 heavy (non-hydrogen) atoms. The Labute approximate surface area is 145 Å². The van der Waals surface area contributed by atoms with Gasteiger partial charge in [-0.1, -0.05) is 6.92 Å². The Morgan fingerprint density at radius 2 is 2.25 bits per heavy atom. The first kappa shape index (κ1) is 18.5. The third-order valence-corrected chi connectivity index (χ3v) is 4.65. The van der Waals surface area contributed by atoms with E-state index in [2.05, 4.69) is 46.3 Å².